The maximum Gasteiger partial charge on any atom is 0.433 e. The molecular formula is C24H17F4N3O2. The predicted molar refractivity (Wildman–Crippen MR) is 116 cm³/mol. The molecular weight excluding hydrogens is 438 g/mol. The minimum atomic E-state index is -4.80. The van der Waals surface area contributed by atoms with E-state index in [0.29, 0.717) is 22.5 Å². The van der Waals surface area contributed by atoms with Gasteiger partial charge in [-0.15, -0.1) is 0 Å². The van der Waals surface area contributed by atoms with E-state index < -0.39 is 28.8 Å². The summed E-state index contributed by atoms with van der Waals surface area (Å²) >= 11 is 0. The van der Waals surface area contributed by atoms with E-state index in [1.54, 1.807) is 6.08 Å². The van der Waals surface area contributed by atoms with Crippen molar-refractivity contribution in [3.63, 3.8) is 0 Å². The number of carbonyl (C=O) groups is 1. The third kappa shape index (κ3) is 3.06. The molecule has 2 atom stereocenters. The standard InChI is InChI=1S/C24H17F4N3O2/c1-33-15-6-9-22-10-7-21(24(26,27)28)31-23(22)20(25)5-2-14(22)12-16-17(13-29-11-8-15)18(30-23)3-4-19(16)32/h2-11H,12-13H2,1H3. The number of fused-ring (bicyclic) bond motifs is 3. The number of alkyl halides is 3. The minimum absolute atomic E-state index is 0.0365. The number of aliphatic imine (C=N–C) groups is 3. The number of dihydropyridines is 1. The number of nitrogens with zero attached hydrogens (tertiary/aromatic N) is 3. The molecule has 4 heterocycles. The molecule has 0 aromatic rings. The van der Waals surface area contributed by atoms with Crippen molar-refractivity contribution >= 4 is 23.4 Å². The molecule has 168 valence electrons. The molecule has 2 aliphatic carbocycles. The summed E-state index contributed by atoms with van der Waals surface area (Å²) in [4.78, 5) is 25.5. The van der Waals surface area contributed by atoms with Crippen molar-refractivity contribution in [2.24, 2.45) is 20.4 Å². The van der Waals surface area contributed by atoms with Crippen LogP contribution < -0.4 is 0 Å². The first-order chi connectivity index (χ1) is 15.7. The fourth-order valence-corrected chi connectivity index (χ4v) is 4.63. The van der Waals surface area contributed by atoms with Crippen molar-refractivity contribution < 1.29 is 27.1 Å². The van der Waals surface area contributed by atoms with Crippen molar-refractivity contribution in [1.29, 1.82) is 0 Å². The lowest BCUT2D eigenvalue weighted by Crippen LogP contribution is -2.52. The number of hydrogen-bond acceptors (Lipinski definition) is 5. The zero-order chi connectivity index (χ0) is 23.4. The summed E-state index contributed by atoms with van der Waals surface area (Å²) < 4.78 is 62.2. The molecule has 0 amide bonds. The third-order valence-electron chi connectivity index (χ3n) is 6.30. The second-order valence-electron chi connectivity index (χ2n) is 8.00. The molecule has 0 saturated carbocycles. The smallest absolute Gasteiger partial charge is 0.433 e. The Morgan fingerprint density at radius 2 is 1.79 bits per heavy atom. The molecule has 9 heteroatoms. The van der Waals surface area contributed by atoms with Crippen LogP contribution in [-0.2, 0) is 9.53 Å². The Morgan fingerprint density at radius 3 is 2.55 bits per heavy atom. The average molecular weight is 455 g/mol. The predicted octanol–water partition coefficient (Wildman–Crippen LogP) is 4.49. The van der Waals surface area contributed by atoms with Gasteiger partial charge in [-0.1, -0.05) is 18.2 Å². The zero-order valence-corrected chi connectivity index (χ0v) is 17.4. The second kappa shape index (κ2) is 7.19. The van der Waals surface area contributed by atoms with E-state index in [2.05, 4.69) is 15.0 Å². The normalized spacial score (nSPS) is 30.3. The number of rotatable bonds is 1. The van der Waals surface area contributed by atoms with Gasteiger partial charge in [0.05, 0.1) is 24.8 Å². The van der Waals surface area contributed by atoms with Gasteiger partial charge in [0.2, 0.25) is 5.66 Å². The molecule has 0 aromatic heterocycles. The monoisotopic (exact) mass is 455 g/mol. The molecule has 0 N–H and O–H groups in total. The minimum Gasteiger partial charge on any atom is -0.497 e. The van der Waals surface area contributed by atoms with Crippen molar-refractivity contribution in [1.82, 2.24) is 0 Å². The maximum absolute atomic E-state index is 15.7. The maximum atomic E-state index is 15.7. The average Bonchev–Trinajstić information content (AvgIpc) is 2.76. The van der Waals surface area contributed by atoms with E-state index in [1.165, 1.54) is 49.8 Å². The molecule has 6 aliphatic rings. The molecule has 0 aromatic carbocycles. The zero-order valence-electron chi connectivity index (χ0n) is 17.4. The fourth-order valence-electron chi connectivity index (χ4n) is 4.63. The van der Waals surface area contributed by atoms with Crippen molar-refractivity contribution in [3.05, 3.63) is 83.0 Å². The van der Waals surface area contributed by atoms with Gasteiger partial charge in [-0.3, -0.25) is 9.79 Å². The van der Waals surface area contributed by atoms with Crippen LogP contribution in [0, 0.1) is 5.41 Å². The van der Waals surface area contributed by atoms with E-state index in [-0.39, 0.29) is 24.5 Å². The SMILES string of the molecule is COC1=CC=NCC2=C3CC4=CC=C(F)C5(N=C2C=CC3=O)N=C(C(F)(F)F)C=CC45C=C1. The van der Waals surface area contributed by atoms with Gasteiger partial charge in [0.1, 0.15) is 11.5 Å². The summed E-state index contributed by atoms with van der Waals surface area (Å²) in [5.74, 6) is -0.827. The molecule has 0 saturated heterocycles. The van der Waals surface area contributed by atoms with Gasteiger partial charge in [0.15, 0.2) is 11.6 Å². The number of hydrogen-bond donors (Lipinski definition) is 0. The van der Waals surface area contributed by atoms with Gasteiger partial charge in [-0.2, -0.15) is 13.2 Å². The van der Waals surface area contributed by atoms with E-state index in [1.807, 2.05) is 0 Å². The highest BCUT2D eigenvalue weighted by molar-refractivity contribution is 6.23. The second-order valence-corrected chi connectivity index (χ2v) is 8.00. The number of ketones is 1. The number of carbonyl (C=O) groups excluding carboxylic acids is 1. The number of methoxy groups -OCH3 is 1. The van der Waals surface area contributed by atoms with Crippen LogP contribution in [0.5, 0.6) is 0 Å². The van der Waals surface area contributed by atoms with E-state index in [9.17, 15) is 18.0 Å². The van der Waals surface area contributed by atoms with Gasteiger partial charge in [0, 0.05) is 17.4 Å². The Kier molecular flexibility index (Phi) is 4.63. The molecule has 0 fully saturated rings. The van der Waals surface area contributed by atoms with E-state index >= 15 is 4.39 Å². The molecule has 6 rings (SSSR count). The van der Waals surface area contributed by atoms with E-state index in [0.717, 1.165) is 12.2 Å². The topological polar surface area (TPSA) is 63.4 Å². The van der Waals surface area contributed by atoms with Crippen LogP contribution in [0.4, 0.5) is 17.6 Å². The summed E-state index contributed by atoms with van der Waals surface area (Å²) in [5, 5.41) is 0. The summed E-state index contributed by atoms with van der Waals surface area (Å²) in [6.07, 6.45) is 8.76. The van der Waals surface area contributed by atoms with E-state index in [4.69, 9.17) is 4.74 Å². The Morgan fingerprint density at radius 1 is 1.00 bits per heavy atom. The lowest BCUT2D eigenvalue weighted by Gasteiger charge is -2.48. The van der Waals surface area contributed by atoms with Gasteiger partial charge in [0.25, 0.3) is 0 Å². The van der Waals surface area contributed by atoms with Gasteiger partial charge >= 0.3 is 6.18 Å². The van der Waals surface area contributed by atoms with Crippen LogP contribution in [0.2, 0.25) is 0 Å². The highest BCUT2D eigenvalue weighted by atomic mass is 19.4. The van der Waals surface area contributed by atoms with Crippen LogP contribution >= 0.6 is 0 Å². The lowest BCUT2D eigenvalue weighted by molar-refractivity contribution is -0.111. The molecule has 2 unspecified atom stereocenters. The number of ether oxygens (including phenoxy) is 1. The van der Waals surface area contributed by atoms with Gasteiger partial charge in [-0.05, 0) is 48.5 Å². The first kappa shape index (κ1) is 21.2. The first-order valence-electron chi connectivity index (χ1n) is 10.1. The first-order valence-corrected chi connectivity index (χ1v) is 10.1. The summed E-state index contributed by atoms with van der Waals surface area (Å²) in [7, 11) is 1.43. The summed E-state index contributed by atoms with van der Waals surface area (Å²) in [6.45, 7) is 0.0365. The Balaban J connectivity index is 1.91. The Labute approximate surface area is 186 Å². The lowest BCUT2D eigenvalue weighted by atomic mass is 9.62. The largest absolute Gasteiger partial charge is 0.497 e. The summed E-state index contributed by atoms with van der Waals surface area (Å²) in [5.41, 5.74) is -3.51. The fraction of sp³-hybridized carbons (Fsp3) is 0.250. The van der Waals surface area contributed by atoms with Crippen LogP contribution in [0.3, 0.4) is 0 Å². The molecule has 6 bridgehead atoms. The summed E-state index contributed by atoms with van der Waals surface area (Å²) in [6, 6.07) is 0. The van der Waals surface area contributed by atoms with Crippen LogP contribution in [0.1, 0.15) is 6.42 Å². The molecule has 1 spiro atoms. The van der Waals surface area contributed by atoms with Gasteiger partial charge < -0.3 is 4.74 Å². The van der Waals surface area contributed by atoms with Gasteiger partial charge in [-0.25, -0.2) is 14.4 Å². The third-order valence-corrected chi connectivity index (χ3v) is 6.30. The molecule has 0 radical (unpaired) electrons. The molecule has 5 nitrogen and oxygen atoms in total. The Bertz CT molecular complexity index is 1270. The van der Waals surface area contributed by atoms with Crippen LogP contribution in [0.15, 0.2) is 98.0 Å². The molecule has 4 aliphatic heterocycles. The number of halogens is 4. The quantitative estimate of drug-likeness (QED) is 0.432. The Hall–Kier alpha value is -3.62. The molecule has 33 heavy (non-hydrogen) atoms. The van der Waals surface area contributed by atoms with Crippen molar-refractivity contribution in [2.45, 2.75) is 18.3 Å². The van der Waals surface area contributed by atoms with Crippen LogP contribution in [-0.4, -0.2) is 48.9 Å². The highest BCUT2D eigenvalue weighted by Crippen LogP contribution is 2.57. The highest BCUT2D eigenvalue weighted by Gasteiger charge is 2.60. The number of allylic oxidation sites excluding steroid dienone is 8. The van der Waals surface area contributed by atoms with Crippen LogP contribution in [0.25, 0.3) is 0 Å². The van der Waals surface area contributed by atoms with Crippen molar-refractivity contribution in [3.8, 4) is 0 Å². The van der Waals surface area contributed by atoms with Crippen molar-refractivity contribution in [2.75, 3.05) is 13.7 Å².